The highest BCUT2D eigenvalue weighted by Gasteiger charge is 2.15. The van der Waals surface area contributed by atoms with Crippen LogP contribution in [0.25, 0.3) is 11.1 Å². The normalized spacial score (nSPS) is 9.95. The van der Waals surface area contributed by atoms with Gasteiger partial charge in [0, 0.05) is 15.6 Å². The SMILES string of the molecule is Cc1ccc(-c2ccccc2O)c(NC(=O)CC#N)c1Br. The van der Waals surface area contributed by atoms with Gasteiger partial charge in [-0.2, -0.15) is 5.26 Å². The van der Waals surface area contributed by atoms with Crippen molar-refractivity contribution in [3.63, 3.8) is 0 Å². The number of aryl methyl sites for hydroxylation is 1. The molecule has 0 bridgehead atoms. The lowest BCUT2D eigenvalue weighted by molar-refractivity contribution is -0.115. The zero-order chi connectivity index (χ0) is 15.4. The van der Waals surface area contributed by atoms with Gasteiger partial charge in [-0.3, -0.25) is 4.79 Å². The monoisotopic (exact) mass is 344 g/mol. The van der Waals surface area contributed by atoms with Crippen molar-refractivity contribution in [3.05, 3.63) is 46.4 Å². The van der Waals surface area contributed by atoms with Crippen LogP contribution in [0.4, 0.5) is 5.69 Å². The van der Waals surface area contributed by atoms with Crippen LogP contribution >= 0.6 is 15.9 Å². The summed E-state index contributed by atoms with van der Waals surface area (Å²) in [5.41, 5.74) is 2.81. The smallest absolute Gasteiger partial charge is 0.238 e. The molecule has 4 nitrogen and oxygen atoms in total. The number of phenolic OH excluding ortho intramolecular Hbond substituents is 1. The molecule has 0 aliphatic heterocycles. The van der Waals surface area contributed by atoms with Crippen molar-refractivity contribution < 1.29 is 9.90 Å². The van der Waals surface area contributed by atoms with Gasteiger partial charge in [-0.1, -0.05) is 30.3 Å². The van der Waals surface area contributed by atoms with Crippen LogP contribution in [0.1, 0.15) is 12.0 Å². The van der Waals surface area contributed by atoms with E-state index in [-0.39, 0.29) is 18.1 Å². The van der Waals surface area contributed by atoms with Gasteiger partial charge in [-0.15, -0.1) is 0 Å². The lowest BCUT2D eigenvalue weighted by atomic mass is 10.0. The highest BCUT2D eigenvalue weighted by Crippen LogP contribution is 2.39. The molecule has 0 spiro atoms. The second-order valence-electron chi connectivity index (χ2n) is 4.52. The number of rotatable bonds is 3. The first-order valence-electron chi connectivity index (χ1n) is 6.29. The number of carbonyl (C=O) groups is 1. The predicted molar refractivity (Wildman–Crippen MR) is 84.8 cm³/mol. The molecule has 5 heteroatoms. The molecule has 0 radical (unpaired) electrons. The largest absolute Gasteiger partial charge is 0.507 e. The van der Waals surface area contributed by atoms with Crippen LogP contribution in [0.2, 0.25) is 0 Å². The summed E-state index contributed by atoms with van der Waals surface area (Å²) in [6, 6.07) is 12.4. The Hall–Kier alpha value is -2.32. The third kappa shape index (κ3) is 3.23. The zero-order valence-electron chi connectivity index (χ0n) is 11.4. The Morgan fingerprint density at radius 2 is 2.00 bits per heavy atom. The maximum absolute atomic E-state index is 11.7. The number of hydrogen-bond donors (Lipinski definition) is 2. The minimum absolute atomic E-state index is 0.129. The Morgan fingerprint density at radius 1 is 1.29 bits per heavy atom. The molecule has 0 fully saturated rings. The van der Waals surface area contributed by atoms with E-state index in [2.05, 4.69) is 21.2 Å². The van der Waals surface area contributed by atoms with Gasteiger partial charge in [-0.05, 0) is 34.5 Å². The van der Waals surface area contributed by atoms with Gasteiger partial charge in [0.1, 0.15) is 12.2 Å². The molecule has 2 rings (SSSR count). The van der Waals surface area contributed by atoms with Gasteiger partial charge in [0.25, 0.3) is 0 Å². The maximum atomic E-state index is 11.7. The molecule has 2 aromatic rings. The van der Waals surface area contributed by atoms with Crippen LogP contribution < -0.4 is 5.32 Å². The number of benzene rings is 2. The van der Waals surface area contributed by atoms with E-state index in [9.17, 15) is 9.90 Å². The molecule has 1 amide bonds. The maximum Gasteiger partial charge on any atom is 0.238 e. The molecule has 0 aromatic heterocycles. The van der Waals surface area contributed by atoms with E-state index in [0.29, 0.717) is 16.8 Å². The first kappa shape index (κ1) is 15.1. The van der Waals surface area contributed by atoms with Crippen LogP contribution in [0.5, 0.6) is 5.75 Å². The molecular weight excluding hydrogens is 332 g/mol. The highest BCUT2D eigenvalue weighted by atomic mass is 79.9. The summed E-state index contributed by atoms with van der Waals surface area (Å²) in [5.74, 6) is -0.260. The molecule has 0 aliphatic rings. The molecule has 0 saturated carbocycles. The third-order valence-electron chi connectivity index (χ3n) is 3.03. The number of aromatic hydroxyl groups is 1. The fourth-order valence-corrected chi connectivity index (χ4v) is 2.43. The van der Waals surface area contributed by atoms with Gasteiger partial charge in [0.05, 0.1) is 11.8 Å². The summed E-state index contributed by atoms with van der Waals surface area (Å²) in [5, 5.41) is 21.3. The topological polar surface area (TPSA) is 73.1 Å². The molecule has 2 N–H and O–H groups in total. The Morgan fingerprint density at radius 3 is 2.67 bits per heavy atom. The Labute approximate surface area is 131 Å². The van der Waals surface area contributed by atoms with E-state index in [0.717, 1.165) is 10.0 Å². The standard InChI is InChI=1S/C16H13BrN2O2/c1-10-6-7-12(11-4-2-3-5-13(11)20)16(15(10)17)19-14(21)8-9-18/h2-7,20H,8H2,1H3,(H,19,21). The van der Waals surface area contributed by atoms with Crippen molar-refractivity contribution in [1.29, 1.82) is 5.26 Å². The zero-order valence-corrected chi connectivity index (χ0v) is 12.9. The van der Waals surface area contributed by atoms with Crippen LogP contribution in [0.15, 0.2) is 40.9 Å². The number of phenols is 1. The molecule has 0 saturated heterocycles. The van der Waals surface area contributed by atoms with Gasteiger partial charge < -0.3 is 10.4 Å². The average Bonchev–Trinajstić information content (AvgIpc) is 2.45. The lowest BCUT2D eigenvalue weighted by Gasteiger charge is -2.15. The third-order valence-corrected chi connectivity index (χ3v) is 4.06. The molecule has 0 aliphatic carbocycles. The number of nitrogens with zero attached hydrogens (tertiary/aromatic N) is 1. The van der Waals surface area contributed by atoms with Gasteiger partial charge in [0.15, 0.2) is 0 Å². The van der Waals surface area contributed by atoms with Crippen LogP contribution in [0.3, 0.4) is 0 Å². The van der Waals surface area contributed by atoms with Crippen LogP contribution in [0, 0.1) is 18.3 Å². The summed E-state index contributed by atoms with van der Waals surface area (Å²) in [6.07, 6.45) is -0.222. The van der Waals surface area contributed by atoms with E-state index in [1.165, 1.54) is 0 Å². The van der Waals surface area contributed by atoms with E-state index in [1.807, 2.05) is 31.2 Å². The summed E-state index contributed by atoms with van der Waals surface area (Å²) < 4.78 is 0.731. The summed E-state index contributed by atoms with van der Waals surface area (Å²) >= 11 is 3.45. The minimum atomic E-state index is -0.388. The summed E-state index contributed by atoms with van der Waals surface area (Å²) in [7, 11) is 0. The van der Waals surface area contributed by atoms with Crippen molar-refractivity contribution in [1.82, 2.24) is 0 Å². The summed E-state index contributed by atoms with van der Waals surface area (Å²) in [4.78, 5) is 11.7. The number of nitrogens with one attached hydrogen (secondary N) is 1. The van der Waals surface area contributed by atoms with Crippen molar-refractivity contribution in [3.8, 4) is 22.9 Å². The van der Waals surface area contributed by atoms with Gasteiger partial charge in [-0.25, -0.2) is 0 Å². The fourth-order valence-electron chi connectivity index (χ4n) is 1.98. The number of nitriles is 1. The first-order chi connectivity index (χ1) is 10.0. The molecule has 106 valence electrons. The predicted octanol–water partition coefficient (Wildman–Crippen LogP) is 3.98. The molecule has 21 heavy (non-hydrogen) atoms. The fraction of sp³-hybridized carbons (Fsp3) is 0.125. The van der Waals surface area contributed by atoms with Crippen LogP contribution in [-0.2, 0) is 4.79 Å². The van der Waals surface area contributed by atoms with E-state index in [1.54, 1.807) is 18.2 Å². The van der Waals surface area contributed by atoms with Crippen molar-refractivity contribution >= 4 is 27.5 Å². The van der Waals surface area contributed by atoms with E-state index >= 15 is 0 Å². The number of halogens is 1. The number of anilines is 1. The number of para-hydroxylation sites is 1. The highest BCUT2D eigenvalue weighted by molar-refractivity contribution is 9.10. The second-order valence-corrected chi connectivity index (χ2v) is 5.31. The average molecular weight is 345 g/mol. The first-order valence-corrected chi connectivity index (χ1v) is 7.08. The second kappa shape index (κ2) is 6.42. The Bertz CT molecular complexity index is 736. The molecule has 0 unspecified atom stereocenters. The van der Waals surface area contributed by atoms with Crippen molar-refractivity contribution in [2.24, 2.45) is 0 Å². The van der Waals surface area contributed by atoms with Gasteiger partial charge in [0.2, 0.25) is 5.91 Å². The van der Waals surface area contributed by atoms with Gasteiger partial charge >= 0.3 is 0 Å². The van der Waals surface area contributed by atoms with Crippen molar-refractivity contribution in [2.75, 3.05) is 5.32 Å². The number of carbonyl (C=O) groups excluding carboxylic acids is 1. The van der Waals surface area contributed by atoms with Crippen LogP contribution in [-0.4, -0.2) is 11.0 Å². The Balaban J connectivity index is 2.57. The summed E-state index contributed by atoms with van der Waals surface area (Å²) in [6.45, 7) is 1.90. The molecule has 0 heterocycles. The quantitative estimate of drug-likeness (QED) is 0.884. The Kier molecular flexibility index (Phi) is 4.61. The molecule has 2 aromatic carbocycles. The minimum Gasteiger partial charge on any atom is -0.507 e. The molecule has 0 atom stereocenters. The number of amides is 1. The molecular formula is C16H13BrN2O2. The van der Waals surface area contributed by atoms with E-state index in [4.69, 9.17) is 5.26 Å². The lowest BCUT2D eigenvalue weighted by Crippen LogP contribution is -2.12. The van der Waals surface area contributed by atoms with Crippen molar-refractivity contribution in [2.45, 2.75) is 13.3 Å². The number of hydrogen-bond acceptors (Lipinski definition) is 3. The van der Waals surface area contributed by atoms with E-state index < -0.39 is 0 Å².